The number of nitrogens with zero attached hydrogens (tertiary/aromatic N) is 2. The molecule has 0 spiro atoms. The van der Waals surface area contributed by atoms with Gasteiger partial charge < -0.3 is 10.1 Å². The van der Waals surface area contributed by atoms with Gasteiger partial charge in [-0.2, -0.15) is 0 Å². The number of aryl methyl sites for hydroxylation is 1. The molecule has 0 atom stereocenters. The number of thioether (sulfide) groups is 1. The highest BCUT2D eigenvalue weighted by Gasteiger charge is 2.11. The lowest BCUT2D eigenvalue weighted by Crippen LogP contribution is -2.13. The van der Waals surface area contributed by atoms with Gasteiger partial charge in [-0.25, -0.2) is 0 Å². The fraction of sp³-hybridized carbons (Fsp3) is 0.211. The number of benzene rings is 2. The van der Waals surface area contributed by atoms with E-state index in [4.69, 9.17) is 16.3 Å². The van der Waals surface area contributed by atoms with Crippen LogP contribution in [0, 0.1) is 6.92 Å². The van der Waals surface area contributed by atoms with Gasteiger partial charge in [0.25, 0.3) is 0 Å². The predicted molar refractivity (Wildman–Crippen MR) is 111 cm³/mol. The summed E-state index contributed by atoms with van der Waals surface area (Å²) in [5.41, 5.74) is 3.01. The van der Waals surface area contributed by atoms with Crippen molar-refractivity contribution in [3.8, 4) is 5.75 Å². The fourth-order valence-corrected chi connectivity index (χ4v) is 4.33. The lowest BCUT2D eigenvalue weighted by Gasteiger charge is -2.06. The fourth-order valence-electron chi connectivity index (χ4n) is 2.38. The van der Waals surface area contributed by atoms with Crippen molar-refractivity contribution in [2.45, 2.75) is 17.0 Å². The first-order chi connectivity index (χ1) is 13.0. The van der Waals surface area contributed by atoms with E-state index < -0.39 is 0 Å². The molecule has 1 N–H and O–H groups in total. The number of hydrogen-bond donors (Lipinski definition) is 1. The third-order valence-corrected chi connectivity index (χ3v) is 6.11. The van der Waals surface area contributed by atoms with E-state index in [1.165, 1.54) is 29.6 Å². The minimum absolute atomic E-state index is 0.0799. The second-order valence-electron chi connectivity index (χ2n) is 5.78. The van der Waals surface area contributed by atoms with Gasteiger partial charge in [-0.3, -0.25) is 4.79 Å². The Morgan fingerprint density at radius 2 is 2.11 bits per heavy atom. The Kier molecular flexibility index (Phi) is 6.71. The summed E-state index contributed by atoms with van der Waals surface area (Å²) in [5, 5.41) is 12.3. The van der Waals surface area contributed by atoms with Gasteiger partial charge in [-0.15, -0.1) is 10.2 Å². The molecule has 140 valence electrons. The normalized spacial score (nSPS) is 10.6. The van der Waals surface area contributed by atoms with Crippen LogP contribution in [0.1, 0.15) is 21.5 Å². The number of Topliss-reactive ketones (excluding diaryl/α,β-unsaturated/α-hetero) is 1. The average molecular weight is 420 g/mol. The number of anilines is 1. The first-order valence-corrected chi connectivity index (χ1v) is 10.4. The SMILES string of the molecule is COc1ccc(C(=O)CNc2nnc(SCc3cccc(C)c3)s2)cc1Cl. The van der Waals surface area contributed by atoms with Crippen LogP contribution in [0.5, 0.6) is 5.75 Å². The maximum atomic E-state index is 12.3. The second kappa shape index (κ2) is 9.21. The zero-order valence-corrected chi connectivity index (χ0v) is 17.2. The van der Waals surface area contributed by atoms with Crippen molar-refractivity contribution < 1.29 is 9.53 Å². The number of carbonyl (C=O) groups is 1. The molecule has 0 saturated carbocycles. The van der Waals surface area contributed by atoms with Crippen LogP contribution in [0.2, 0.25) is 5.02 Å². The number of ether oxygens (including phenoxy) is 1. The maximum absolute atomic E-state index is 12.3. The van der Waals surface area contributed by atoms with E-state index in [1.54, 1.807) is 30.0 Å². The number of nitrogens with one attached hydrogen (secondary N) is 1. The number of methoxy groups -OCH3 is 1. The predicted octanol–water partition coefficient (Wildman–Crippen LogP) is 5.10. The Labute approximate surface area is 171 Å². The van der Waals surface area contributed by atoms with E-state index >= 15 is 0 Å². The summed E-state index contributed by atoms with van der Waals surface area (Å²) in [6.07, 6.45) is 0. The summed E-state index contributed by atoms with van der Waals surface area (Å²) in [4.78, 5) is 12.3. The van der Waals surface area contributed by atoms with Crippen LogP contribution in [0.15, 0.2) is 46.8 Å². The first-order valence-electron chi connectivity index (χ1n) is 8.17. The van der Waals surface area contributed by atoms with Crippen molar-refractivity contribution in [1.82, 2.24) is 10.2 Å². The Bertz CT molecular complexity index is 946. The number of ketones is 1. The molecule has 0 saturated heterocycles. The Balaban J connectivity index is 1.53. The summed E-state index contributed by atoms with van der Waals surface area (Å²) in [7, 11) is 1.54. The second-order valence-corrected chi connectivity index (χ2v) is 8.38. The first kappa shape index (κ1) is 19.7. The molecule has 5 nitrogen and oxygen atoms in total. The monoisotopic (exact) mass is 419 g/mol. The molecule has 0 fully saturated rings. The summed E-state index contributed by atoms with van der Waals surface area (Å²) < 4.78 is 5.96. The highest BCUT2D eigenvalue weighted by molar-refractivity contribution is 8.00. The van der Waals surface area contributed by atoms with Crippen molar-refractivity contribution >= 4 is 45.6 Å². The van der Waals surface area contributed by atoms with E-state index in [2.05, 4.69) is 46.7 Å². The van der Waals surface area contributed by atoms with Crippen LogP contribution in [0.3, 0.4) is 0 Å². The summed E-state index contributed by atoms with van der Waals surface area (Å²) in [5.74, 6) is 1.30. The summed E-state index contributed by atoms with van der Waals surface area (Å²) in [6.45, 7) is 2.20. The summed E-state index contributed by atoms with van der Waals surface area (Å²) >= 11 is 9.13. The molecular formula is C19H18ClN3O2S2. The molecule has 27 heavy (non-hydrogen) atoms. The van der Waals surface area contributed by atoms with Gasteiger partial charge in [0, 0.05) is 11.3 Å². The van der Waals surface area contributed by atoms with Crippen molar-refractivity contribution in [1.29, 1.82) is 0 Å². The number of carbonyl (C=O) groups excluding carboxylic acids is 1. The molecule has 1 aromatic heterocycles. The van der Waals surface area contributed by atoms with Gasteiger partial charge in [0.2, 0.25) is 5.13 Å². The van der Waals surface area contributed by atoms with Crippen molar-refractivity contribution in [2.75, 3.05) is 19.0 Å². The van der Waals surface area contributed by atoms with Crippen LogP contribution in [0.25, 0.3) is 0 Å². The maximum Gasteiger partial charge on any atom is 0.206 e. The lowest BCUT2D eigenvalue weighted by molar-refractivity contribution is 0.101. The standard InChI is InChI=1S/C19H18ClN3O2S2/c1-12-4-3-5-13(8-12)11-26-19-23-22-18(27-19)21-10-16(24)14-6-7-17(25-2)15(20)9-14/h3-9H,10-11H2,1-2H3,(H,21,22). The molecule has 1 heterocycles. The van der Waals surface area contributed by atoms with Gasteiger partial charge >= 0.3 is 0 Å². The van der Waals surface area contributed by atoms with Crippen LogP contribution in [-0.4, -0.2) is 29.6 Å². The molecule has 8 heteroatoms. The third kappa shape index (κ3) is 5.45. The topological polar surface area (TPSA) is 64.1 Å². The molecule has 0 bridgehead atoms. The van der Waals surface area contributed by atoms with Gasteiger partial charge in [-0.05, 0) is 30.7 Å². The van der Waals surface area contributed by atoms with Crippen LogP contribution >= 0.6 is 34.7 Å². The Morgan fingerprint density at radius 3 is 2.85 bits per heavy atom. The van der Waals surface area contributed by atoms with E-state index in [-0.39, 0.29) is 12.3 Å². The zero-order valence-electron chi connectivity index (χ0n) is 14.9. The number of rotatable bonds is 8. The Hall–Kier alpha value is -2.09. The zero-order chi connectivity index (χ0) is 19.2. The van der Waals surface area contributed by atoms with Crippen LogP contribution in [0.4, 0.5) is 5.13 Å². The van der Waals surface area contributed by atoms with Gasteiger partial charge in [0.1, 0.15) is 5.75 Å². The number of hydrogen-bond acceptors (Lipinski definition) is 7. The highest BCUT2D eigenvalue weighted by atomic mass is 35.5. The van der Waals surface area contributed by atoms with E-state index in [1.807, 2.05) is 0 Å². The molecule has 3 aromatic rings. The minimum Gasteiger partial charge on any atom is -0.495 e. The summed E-state index contributed by atoms with van der Waals surface area (Å²) in [6, 6.07) is 13.4. The lowest BCUT2D eigenvalue weighted by atomic mass is 10.1. The minimum atomic E-state index is -0.0799. The van der Waals surface area contributed by atoms with Crippen LogP contribution < -0.4 is 10.1 Å². The van der Waals surface area contributed by atoms with Crippen molar-refractivity contribution in [3.63, 3.8) is 0 Å². The molecule has 0 aliphatic rings. The van der Waals surface area contributed by atoms with Gasteiger partial charge in [-0.1, -0.05) is 64.5 Å². The molecule has 0 aliphatic heterocycles. The highest BCUT2D eigenvalue weighted by Crippen LogP contribution is 2.29. The van der Waals surface area contributed by atoms with Crippen molar-refractivity contribution in [2.24, 2.45) is 0 Å². The molecule has 0 unspecified atom stereocenters. The smallest absolute Gasteiger partial charge is 0.206 e. The Morgan fingerprint density at radius 1 is 1.26 bits per heavy atom. The average Bonchev–Trinajstić information content (AvgIpc) is 3.12. The largest absolute Gasteiger partial charge is 0.495 e. The van der Waals surface area contributed by atoms with Crippen molar-refractivity contribution in [3.05, 3.63) is 64.2 Å². The van der Waals surface area contributed by atoms with E-state index in [0.717, 1.165) is 10.1 Å². The van der Waals surface area contributed by atoms with E-state index in [0.29, 0.717) is 21.5 Å². The van der Waals surface area contributed by atoms with Gasteiger partial charge in [0.05, 0.1) is 18.7 Å². The molecular weight excluding hydrogens is 402 g/mol. The molecule has 0 amide bonds. The van der Waals surface area contributed by atoms with E-state index in [9.17, 15) is 4.79 Å². The molecule has 0 radical (unpaired) electrons. The van der Waals surface area contributed by atoms with Gasteiger partial charge in [0.15, 0.2) is 10.1 Å². The third-order valence-electron chi connectivity index (χ3n) is 3.73. The molecule has 2 aromatic carbocycles. The molecule has 3 rings (SSSR count). The molecule has 0 aliphatic carbocycles. The number of aromatic nitrogens is 2. The quantitative estimate of drug-likeness (QED) is 0.405. The number of halogens is 1. The van der Waals surface area contributed by atoms with Crippen LogP contribution in [-0.2, 0) is 5.75 Å².